The maximum Gasteiger partial charge on any atom is 0.264 e. The number of anilines is 1. The summed E-state index contributed by atoms with van der Waals surface area (Å²) in [6, 6.07) is 16.7. The highest BCUT2D eigenvalue weighted by atomic mass is 35.5. The number of amides is 2. The van der Waals surface area contributed by atoms with E-state index in [0.717, 1.165) is 30.0 Å². The molecule has 218 valence electrons. The summed E-state index contributed by atoms with van der Waals surface area (Å²) in [5.41, 5.74) is 0.819. The number of carbonyl (C=O) groups excluding carboxylic acids is 2. The molecule has 1 aliphatic rings. The van der Waals surface area contributed by atoms with Gasteiger partial charge in [-0.1, -0.05) is 36.6 Å². The molecular weight excluding hydrogens is 569 g/mol. The van der Waals surface area contributed by atoms with Crippen LogP contribution in [0.5, 0.6) is 5.75 Å². The second kappa shape index (κ2) is 13.4. The van der Waals surface area contributed by atoms with E-state index in [9.17, 15) is 22.4 Å². The average Bonchev–Trinajstić information content (AvgIpc) is 3.48. The van der Waals surface area contributed by atoms with Crippen LogP contribution >= 0.6 is 11.6 Å². The molecule has 0 unspecified atom stereocenters. The second-order valence-corrected chi connectivity index (χ2v) is 12.3. The average molecular weight is 602 g/mol. The monoisotopic (exact) mass is 601 g/mol. The number of hydrogen-bond donors (Lipinski definition) is 1. The fourth-order valence-electron chi connectivity index (χ4n) is 4.77. The van der Waals surface area contributed by atoms with Crippen LogP contribution in [0, 0.1) is 5.82 Å². The first-order valence-corrected chi connectivity index (χ1v) is 15.2. The number of halogens is 2. The third-order valence-electron chi connectivity index (χ3n) is 7.18. The number of ether oxygens (including phenoxy) is 1. The van der Waals surface area contributed by atoms with E-state index in [4.69, 9.17) is 16.3 Å². The van der Waals surface area contributed by atoms with Crippen LogP contribution in [0.3, 0.4) is 0 Å². The van der Waals surface area contributed by atoms with Gasteiger partial charge in [0, 0.05) is 17.6 Å². The highest BCUT2D eigenvalue weighted by Gasteiger charge is 2.33. The molecular formula is C30H33ClFN3O5S. The minimum absolute atomic E-state index is 0.0184. The van der Waals surface area contributed by atoms with Gasteiger partial charge in [0.25, 0.3) is 10.0 Å². The molecule has 1 N–H and O–H groups in total. The first kappa shape index (κ1) is 30.3. The van der Waals surface area contributed by atoms with Crippen LogP contribution < -0.4 is 14.4 Å². The van der Waals surface area contributed by atoms with Crippen LogP contribution in [0.2, 0.25) is 5.02 Å². The Kier molecular flexibility index (Phi) is 9.88. The van der Waals surface area contributed by atoms with Crippen molar-refractivity contribution in [1.29, 1.82) is 0 Å². The van der Waals surface area contributed by atoms with E-state index in [1.54, 1.807) is 6.92 Å². The molecule has 0 aromatic heterocycles. The summed E-state index contributed by atoms with van der Waals surface area (Å²) in [5, 5.41) is 3.42. The molecule has 0 radical (unpaired) electrons. The number of methoxy groups -OCH3 is 1. The first-order chi connectivity index (χ1) is 19.6. The van der Waals surface area contributed by atoms with Crippen LogP contribution in [0.25, 0.3) is 0 Å². The lowest BCUT2D eigenvalue weighted by molar-refractivity contribution is -0.139. The summed E-state index contributed by atoms with van der Waals surface area (Å²) in [6.07, 6.45) is 3.79. The van der Waals surface area contributed by atoms with Crippen molar-refractivity contribution in [3.8, 4) is 5.75 Å². The summed E-state index contributed by atoms with van der Waals surface area (Å²) in [5.74, 6) is -0.886. The van der Waals surface area contributed by atoms with Gasteiger partial charge in [-0.15, -0.1) is 0 Å². The van der Waals surface area contributed by atoms with Gasteiger partial charge in [-0.05, 0) is 86.0 Å². The van der Waals surface area contributed by atoms with Crippen molar-refractivity contribution in [1.82, 2.24) is 10.2 Å². The molecule has 1 fully saturated rings. The highest BCUT2D eigenvalue weighted by Crippen LogP contribution is 2.27. The Balaban J connectivity index is 1.67. The summed E-state index contributed by atoms with van der Waals surface area (Å²) < 4.78 is 47.5. The second-order valence-electron chi connectivity index (χ2n) is 9.98. The van der Waals surface area contributed by atoms with Gasteiger partial charge in [0.05, 0.1) is 17.7 Å². The van der Waals surface area contributed by atoms with Crippen LogP contribution in [0.1, 0.15) is 38.2 Å². The summed E-state index contributed by atoms with van der Waals surface area (Å²) in [6.45, 7) is 1.00. The molecule has 41 heavy (non-hydrogen) atoms. The Morgan fingerprint density at radius 3 is 2.20 bits per heavy atom. The normalized spacial score (nSPS) is 14.3. The highest BCUT2D eigenvalue weighted by molar-refractivity contribution is 7.92. The van der Waals surface area contributed by atoms with Gasteiger partial charge >= 0.3 is 0 Å². The lowest BCUT2D eigenvalue weighted by Crippen LogP contribution is -2.52. The Labute approximate surface area is 245 Å². The molecule has 1 atom stereocenters. The van der Waals surface area contributed by atoms with Crippen LogP contribution in [-0.4, -0.2) is 50.9 Å². The quantitative estimate of drug-likeness (QED) is 0.328. The van der Waals surface area contributed by atoms with Crippen LogP contribution in [0.15, 0.2) is 77.7 Å². The Morgan fingerprint density at radius 1 is 1.00 bits per heavy atom. The predicted octanol–water partition coefficient (Wildman–Crippen LogP) is 5.16. The minimum Gasteiger partial charge on any atom is -0.497 e. The molecule has 8 nitrogen and oxygen atoms in total. The number of nitrogens with one attached hydrogen (secondary N) is 1. The van der Waals surface area contributed by atoms with Gasteiger partial charge in [0.2, 0.25) is 11.8 Å². The summed E-state index contributed by atoms with van der Waals surface area (Å²) >= 11 is 6.06. The van der Waals surface area contributed by atoms with E-state index in [0.29, 0.717) is 16.3 Å². The van der Waals surface area contributed by atoms with Crippen molar-refractivity contribution < 1.29 is 27.1 Å². The topological polar surface area (TPSA) is 96.0 Å². The van der Waals surface area contributed by atoms with Crippen LogP contribution in [-0.2, 0) is 26.2 Å². The van der Waals surface area contributed by atoms with Crippen molar-refractivity contribution in [2.75, 3.05) is 18.0 Å². The minimum atomic E-state index is -4.23. The smallest absolute Gasteiger partial charge is 0.264 e. The van der Waals surface area contributed by atoms with Crippen molar-refractivity contribution in [3.05, 3.63) is 89.2 Å². The van der Waals surface area contributed by atoms with E-state index in [2.05, 4.69) is 5.32 Å². The number of nitrogens with zero attached hydrogens (tertiary/aromatic N) is 2. The molecule has 0 bridgehead atoms. The molecule has 4 rings (SSSR count). The van der Waals surface area contributed by atoms with E-state index < -0.39 is 34.3 Å². The molecule has 3 aromatic rings. The zero-order chi connectivity index (χ0) is 29.6. The lowest BCUT2D eigenvalue weighted by atomic mass is 10.1. The molecule has 2 amide bonds. The maximum absolute atomic E-state index is 13.9. The van der Waals surface area contributed by atoms with Gasteiger partial charge in [-0.2, -0.15) is 0 Å². The third-order valence-corrected chi connectivity index (χ3v) is 9.22. The zero-order valence-electron chi connectivity index (χ0n) is 22.9. The summed E-state index contributed by atoms with van der Waals surface area (Å²) in [4.78, 5) is 28.5. The first-order valence-electron chi connectivity index (χ1n) is 13.3. The molecule has 0 aliphatic heterocycles. The van der Waals surface area contributed by atoms with Gasteiger partial charge in [-0.3, -0.25) is 13.9 Å². The maximum atomic E-state index is 13.9. The Bertz CT molecular complexity index is 1440. The van der Waals surface area contributed by atoms with Gasteiger partial charge < -0.3 is 15.0 Å². The zero-order valence-corrected chi connectivity index (χ0v) is 24.5. The van der Waals surface area contributed by atoms with Crippen molar-refractivity contribution in [2.45, 2.75) is 56.1 Å². The standard InChI is InChI=1S/C30H33ClFN3O5S/c1-21(30(37)33-25-5-3-4-6-25)34(19-22-7-11-24(32)12-8-22)29(36)20-35(26-13-9-23(31)10-14-26)41(38,39)28-17-15-27(40-2)16-18-28/h7-18,21,25H,3-6,19-20H2,1-2H3,(H,33,37)/t21-/m0/s1. The Morgan fingerprint density at radius 2 is 1.61 bits per heavy atom. The molecule has 1 aliphatic carbocycles. The summed E-state index contributed by atoms with van der Waals surface area (Å²) in [7, 11) is -2.75. The van der Waals surface area contributed by atoms with E-state index >= 15 is 0 Å². The van der Waals surface area contributed by atoms with E-state index in [-0.39, 0.29) is 29.1 Å². The predicted molar refractivity (Wildman–Crippen MR) is 156 cm³/mol. The van der Waals surface area contributed by atoms with Crippen LogP contribution in [0.4, 0.5) is 10.1 Å². The molecule has 3 aromatic carbocycles. The SMILES string of the molecule is COc1ccc(S(=O)(=O)N(CC(=O)N(Cc2ccc(F)cc2)[C@@H](C)C(=O)NC2CCCC2)c2ccc(Cl)cc2)cc1. The fourth-order valence-corrected chi connectivity index (χ4v) is 6.31. The number of sulfonamides is 1. The number of hydrogen-bond acceptors (Lipinski definition) is 5. The molecule has 11 heteroatoms. The van der Waals surface area contributed by atoms with Gasteiger partial charge in [0.1, 0.15) is 24.2 Å². The van der Waals surface area contributed by atoms with Gasteiger partial charge in [-0.25, -0.2) is 12.8 Å². The molecule has 0 saturated heterocycles. The van der Waals surface area contributed by atoms with Crippen molar-refractivity contribution in [2.24, 2.45) is 0 Å². The fraction of sp³-hybridized carbons (Fsp3) is 0.333. The largest absolute Gasteiger partial charge is 0.497 e. The number of rotatable bonds is 11. The molecule has 0 heterocycles. The van der Waals surface area contributed by atoms with E-state index in [1.807, 2.05) is 0 Å². The molecule has 0 spiro atoms. The molecule has 1 saturated carbocycles. The van der Waals surface area contributed by atoms with Gasteiger partial charge in [0.15, 0.2) is 0 Å². The Hall–Kier alpha value is -3.63. The number of carbonyl (C=O) groups is 2. The van der Waals surface area contributed by atoms with E-state index in [1.165, 1.54) is 84.8 Å². The third kappa shape index (κ3) is 7.56. The van der Waals surface area contributed by atoms with Crippen molar-refractivity contribution >= 4 is 39.1 Å². The number of benzene rings is 3. The lowest BCUT2D eigenvalue weighted by Gasteiger charge is -2.32. The van der Waals surface area contributed by atoms with Crippen molar-refractivity contribution in [3.63, 3.8) is 0 Å².